The first kappa shape index (κ1) is 15.1. The molecule has 0 amide bonds. The van der Waals surface area contributed by atoms with Gasteiger partial charge in [-0.25, -0.2) is 4.98 Å². The first-order chi connectivity index (χ1) is 8.74. The zero-order valence-corrected chi connectivity index (χ0v) is 11.9. The van der Waals surface area contributed by atoms with Crippen LogP contribution in [0.3, 0.4) is 0 Å². The van der Waals surface area contributed by atoms with Crippen molar-refractivity contribution in [1.29, 1.82) is 0 Å². The molecule has 0 aromatic carbocycles. The average Bonchev–Trinajstić information content (AvgIpc) is 2.85. The van der Waals surface area contributed by atoms with Gasteiger partial charge in [0.2, 0.25) is 0 Å². The van der Waals surface area contributed by atoms with Gasteiger partial charge in [-0.05, 0) is 33.0 Å². The third-order valence-corrected chi connectivity index (χ3v) is 3.50. The van der Waals surface area contributed by atoms with Crippen molar-refractivity contribution in [2.45, 2.75) is 46.2 Å². The Bertz CT molecular complexity index is 319. The molecule has 0 saturated carbocycles. The highest BCUT2D eigenvalue weighted by Gasteiger charge is 2.12. The molecule has 0 saturated heterocycles. The van der Waals surface area contributed by atoms with E-state index >= 15 is 0 Å². The van der Waals surface area contributed by atoms with E-state index in [1.807, 2.05) is 12.4 Å². The summed E-state index contributed by atoms with van der Waals surface area (Å²) in [5.74, 6) is 6.76. The Morgan fingerprint density at radius 3 is 2.67 bits per heavy atom. The molecule has 0 aliphatic heterocycles. The Hall–Kier alpha value is -0.910. The Labute approximate surface area is 110 Å². The molecule has 1 rings (SSSR count). The van der Waals surface area contributed by atoms with Gasteiger partial charge in [0.25, 0.3) is 0 Å². The molecule has 1 unspecified atom stereocenters. The predicted octanol–water partition coefficient (Wildman–Crippen LogP) is 1.01. The minimum atomic E-state index is 0.290. The molecule has 0 bridgehead atoms. The van der Waals surface area contributed by atoms with Crippen molar-refractivity contribution in [2.24, 2.45) is 5.84 Å². The van der Waals surface area contributed by atoms with E-state index < -0.39 is 0 Å². The van der Waals surface area contributed by atoms with Crippen LogP contribution in [0.15, 0.2) is 12.4 Å². The highest BCUT2D eigenvalue weighted by atomic mass is 15.2. The molecule has 18 heavy (non-hydrogen) atoms. The first-order valence-electron chi connectivity index (χ1n) is 6.93. The van der Waals surface area contributed by atoms with Gasteiger partial charge in [0.15, 0.2) is 0 Å². The van der Waals surface area contributed by atoms with Crippen LogP contribution in [-0.2, 0) is 13.0 Å². The largest absolute Gasteiger partial charge is 0.335 e. The molecule has 104 valence electrons. The summed E-state index contributed by atoms with van der Waals surface area (Å²) in [4.78, 5) is 6.81. The summed E-state index contributed by atoms with van der Waals surface area (Å²) in [7, 11) is 0. The molecule has 0 radical (unpaired) electrons. The fourth-order valence-electron chi connectivity index (χ4n) is 2.16. The lowest BCUT2D eigenvalue weighted by Crippen LogP contribution is -2.40. The Morgan fingerprint density at radius 2 is 2.11 bits per heavy atom. The maximum absolute atomic E-state index is 5.64. The second-order valence-electron chi connectivity index (χ2n) is 4.51. The smallest absolute Gasteiger partial charge is 0.110 e. The van der Waals surface area contributed by atoms with Gasteiger partial charge in [-0.3, -0.25) is 11.3 Å². The van der Waals surface area contributed by atoms with E-state index in [9.17, 15) is 0 Å². The number of hydrogen-bond acceptors (Lipinski definition) is 4. The fraction of sp³-hybridized carbons (Fsp3) is 0.769. The summed E-state index contributed by atoms with van der Waals surface area (Å²) in [6.45, 7) is 10.7. The number of imidazole rings is 1. The van der Waals surface area contributed by atoms with Gasteiger partial charge >= 0.3 is 0 Å². The van der Waals surface area contributed by atoms with Crippen molar-refractivity contribution < 1.29 is 0 Å². The van der Waals surface area contributed by atoms with Crippen LogP contribution in [0.5, 0.6) is 0 Å². The van der Waals surface area contributed by atoms with Crippen LogP contribution < -0.4 is 11.3 Å². The van der Waals surface area contributed by atoms with E-state index in [2.05, 4.69) is 40.6 Å². The summed E-state index contributed by atoms with van der Waals surface area (Å²) in [5, 5.41) is 0. The van der Waals surface area contributed by atoms with E-state index in [0.29, 0.717) is 6.04 Å². The van der Waals surface area contributed by atoms with Gasteiger partial charge in [-0.15, -0.1) is 0 Å². The lowest BCUT2D eigenvalue weighted by Gasteiger charge is -2.22. The number of nitrogens with one attached hydrogen (secondary N) is 1. The number of aryl methyl sites for hydroxylation is 1. The van der Waals surface area contributed by atoms with Gasteiger partial charge in [-0.1, -0.05) is 13.8 Å². The number of nitrogens with two attached hydrogens (primary N) is 1. The molecule has 1 aromatic rings. The maximum atomic E-state index is 5.64. The molecular weight excluding hydrogens is 226 g/mol. The molecule has 5 nitrogen and oxygen atoms in total. The zero-order valence-electron chi connectivity index (χ0n) is 11.9. The number of aromatic nitrogens is 2. The fourth-order valence-corrected chi connectivity index (χ4v) is 2.16. The highest BCUT2D eigenvalue weighted by molar-refractivity contribution is 4.95. The van der Waals surface area contributed by atoms with Crippen LogP contribution in [0, 0.1) is 0 Å². The van der Waals surface area contributed by atoms with Crippen molar-refractivity contribution >= 4 is 0 Å². The minimum absolute atomic E-state index is 0.290. The second kappa shape index (κ2) is 8.24. The van der Waals surface area contributed by atoms with Crippen LogP contribution in [0.4, 0.5) is 0 Å². The number of hydrazine groups is 1. The summed E-state index contributed by atoms with van der Waals surface area (Å²) < 4.78 is 2.17. The minimum Gasteiger partial charge on any atom is -0.335 e. The molecule has 3 N–H and O–H groups in total. The standard InChI is InChI=1S/C13H27N5/c1-4-17(5-2)9-7-12(16-14)11-13-15-8-10-18(13)6-3/h8,10,12,16H,4-7,9,11,14H2,1-3H3. The predicted molar refractivity (Wildman–Crippen MR) is 75.1 cm³/mol. The highest BCUT2D eigenvalue weighted by Crippen LogP contribution is 2.05. The molecule has 0 aliphatic rings. The topological polar surface area (TPSA) is 59.1 Å². The van der Waals surface area contributed by atoms with E-state index in [-0.39, 0.29) is 0 Å². The van der Waals surface area contributed by atoms with E-state index in [4.69, 9.17) is 5.84 Å². The molecule has 1 aromatic heterocycles. The molecule has 1 atom stereocenters. The number of nitrogens with zero attached hydrogens (tertiary/aromatic N) is 3. The van der Waals surface area contributed by atoms with Crippen LogP contribution in [0.2, 0.25) is 0 Å². The Kier molecular flexibility index (Phi) is 6.93. The summed E-state index contributed by atoms with van der Waals surface area (Å²) in [6, 6.07) is 0.290. The van der Waals surface area contributed by atoms with Crippen molar-refractivity contribution in [3.63, 3.8) is 0 Å². The average molecular weight is 253 g/mol. The third kappa shape index (κ3) is 4.40. The Balaban J connectivity index is 2.46. The van der Waals surface area contributed by atoms with E-state index in [0.717, 1.165) is 44.8 Å². The molecule has 1 heterocycles. The molecule has 0 spiro atoms. The van der Waals surface area contributed by atoms with Gasteiger partial charge in [0.1, 0.15) is 5.82 Å². The van der Waals surface area contributed by atoms with Crippen LogP contribution >= 0.6 is 0 Å². The van der Waals surface area contributed by atoms with Crippen molar-refractivity contribution in [3.8, 4) is 0 Å². The van der Waals surface area contributed by atoms with Crippen LogP contribution in [0.25, 0.3) is 0 Å². The molecular formula is C13H27N5. The second-order valence-corrected chi connectivity index (χ2v) is 4.51. The lowest BCUT2D eigenvalue weighted by molar-refractivity contribution is 0.279. The quantitative estimate of drug-likeness (QED) is 0.509. The number of hydrogen-bond donors (Lipinski definition) is 2. The van der Waals surface area contributed by atoms with Gasteiger partial charge in [0.05, 0.1) is 0 Å². The SMILES string of the molecule is CCN(CC)CCC(Cc1nccn1CC)NN. The zero-order chi connectivity index (χ0) is 13.4. The molecule has 0 aliphatic carbocycles. The maximum Gasteiger partial charge on any atom is 0.110 e. The van der Waals surface area contributed by atoms with Crippen molar-refractivity contribution in [1.82, 2.24) is 19.9 Å². The van der Waals surface area contributed by atoms with Gasteiger partial charge in [0, 0.05) is 31.4 Å². The van der Waals surface area contributed by atoms with Gasteiger partial charge < -0.3 is 9.47 Å². The monoisotopic (exact) mass is 253 g/mol. The van der Waals surface area contributed by atoms with E-state index in [1.54, 1.807) is 0 Å². The summed E-state index contributed by atoms with van der Waals surface area (Å²) in [5.41, 5.74) is 2.92. The normalized spacial score (nSPS) is 13.2. The lowest BCUT2D eigenvalue weighted by atomic mass is 10.1. The van der Waals surface area contributed by atoms with Crippen LogP contribution in [0.1, 0.15) is 33.0 Å². The van der Waals surface area contributed by atoms with Crippen molar-refractivity contribution in [2.75, 3.05) is 19.6 Å². The Morgan fingerprint density at radius 1 is 1.39 bits per heavy atom. The third-order valence-electron chi connectivity index (χ3n) is 3.50. The number of rotatable bonds is 9. The molecule has 0 fully saturated rings. The van der Waals surface area contributed by atoms with Gasteiger partial charge in [-0.2, -0.15) is 0 Å². The first-order valence-corrected chi connectivity index (χ1v) is 6.93. The van der Waals surface area contributed by atoms with E-state index in [1.165, 1.54) is 0 Å². The summed E-state index contributed by atoms with van der Waals surface area (Å²) >= 11 is 0. The summed E-state index contributed by atoms with van der Waals surface area (Å²) in [6.07, 6.45) is 5.82. The molecule has 5 heteroatoms. The van der Waals surface area contributed by atoms with Crippen molar-refractivity contribution in [3.05, 3.63) is 18.2 Å². The van der Waals surface area contributed by atoms with Crippen LogP contribution in [-0.4, -0.2) is 40.1 Å².